The topological polar surface area (TPSA) is 39.1 Å². The summed E-state index contributed by atoms with van der Waals surface area (Å²) >= 11 is 0. The maximum absolute atomic E-state index is 8.70. The van der Waals surface area contributed by atoms with Gasteiger partial charge < -0.3 is 5.32 Å². The molecule has 0 radical (unpaired) electrons. The van der Waals surface area contributed by atoms with Crippen LogP contribution in [0.4, 0.5) is 0 Å². The number of hydrogen-bond acceptors (Lipinski definition) is 3. The highest BCUT2D eigenvalue weighted by Crippen LogP contribution is 2.21. The van der Waals surface area contributed by atoms with E-state index in [-0.39, 0.29) is 5.54 Å². The van der Waals surface area contributed by atoms with E-state index in [1.165, 1.54) is 0 Å². The van der Waals surface area contributed by atoms with Crippen LogP contribution in [0.3, 0.4) is 0 Å². The first-order valence-electron chi connectivity index (χ1n) is 4.96. The predicted octanol–water partition coefficient (Wildman–Crippen LogP) is 0.972. The molecule has 1 heterocycles. The number of nitrogens with zero attached hydrogens (tertiary/aromatic N) is 2. The molecule has 1 fully saturated rings. The molecule has 1 unspecified atom stereocenters. The monoisotopic (exact) mass is 181 g/mol. The second-order valence-electron chi connectivity index (χ2n) is 4.25. The van der Waals surface area contributed by atoms with Crippen LogP contribution in [0.25, 0.3) is 0 Å². The molecule has 0 aromatic carbocycles. The summed E-state index contributed by atoms with van der Waals surface area (Å²) in [5.41, 5.74) is 0.189. The number of piperazine rings is 1. The first kappa shape index (κ1) is 10.5. The van der Waals surface area contributed by atoms with E-state index < -0.39 is 0 Å². The highest BCUT2D eigenvalue weighted by molar-refractivity contribution is 4.96. The summed E-state index contributed by atoms with van der Waals surface area (Å²) in [7, 11) is 0. The van der Waals surface area contributed by atoms with Gasteiger partial charge in [-0.15, -0.1) is 0 Å². The van der Waals surface area contributed by atoms with E-state index in [0.29, 0.717) is 12.5 Å². The molecule has 1 N–H and O–H groups in total. The molecule has 74 valence electrons. The molecule has 0 aromatic rings. The molecule has 1 aliphatic rings. The zero-order valence-corrected chi connectivity index (χ0v) is 8.80. The van der Waals surface area contributed by atoms with Crippen LogP contribution in [0.1, 0.15) is 27.2 Å². The molecule has 0 aromatic heterocycles. The number of nitrogens with one attached hydrogen (secondary N) is 1. The van der Waals surface area contributed by atoms with Gasteiger partial charge in [0.25, 0.3) is 0 Å². The van der Waals surface area contributed by atoms with Gasteiger partial charge in [-0.2, -0.15) is 5.26 Å². The molecule has 1 saturated heterocycles. The third-order valence-corrected chi connectivity index (χ3v) is 2.82. The lowest BCUT2D eigenvalue weighted by atomic mass is 9.95. The Hall–Kier alpha value is -0.590. The van der Waals surface area contributed by atoms with Crippen molar-refractivity contribution in [3.8, 4) is 6.07 Å². The number of hydrogen-bond donors (Lipinski definition) is 1. The Bertz CT molecular complexity index is 205. The standard InChI is InChI=1S/C10H19N3/c1-4-13-9(5-6-11)7-12-8-10(13,2)3/h9,12H,4-5,7-8H2,1-3H3. The van der Waals surface area contributed by atoms with Crippen LogP contribution in [0.5, 0.6) is 0 Å². The third-order valence-electron chi connectivity index (χ3n) is 2.82. The Morgan fingerprint density at radius 1 is 1.62 bits per heavy atom. The van der Waals surface area contributed by atoms with E-state index in [1.54, 1.807) is 0 Å². The van der Waals surface area contributed by atoms with Gasteiger partial charge in [0.2, 0.25) is 0 Å². The fourth-order valence-electron chi connectivity index (χ4n) is 2.22. The van der Waals surface area contributed by atoms with Gasteiger partial charge in [0.15, 0.2) is 0 Å². The second kappa shape index (κ2) is 4.08. The molecule has 0 aliphatic carbocycles. The normalized spacial score (nSPS) is 28.3. The largest absolute Gasteiger partial charge is 0.313 e. The number of rotatable bonds is 2. The second-order valence-corrected chi connectivity index (χ2v) is 4.25. The van der Waals surface area contributed by atoms with Crippen LogP contribution < -0.4 is 5.32 Å². The molecule has 0 saturated carbocycles. The van der Waals surface area contributed by atoms with Crippen molar-refractivity contribution in [2.45, 2.75) is 38.8 Å². The molecule has 1 rings (SSSR count). The molecule has 0 spiro atoms. The van der Waals surface area contributed by atoms with Crippen molar-refractivity contribution in [2.24, 2.45) is 0 Å². The zero-order valence-electron chi connectivity index (χ0n) is 8.80. The summed E-state index contributed by atoms with van der Waals surface area (Å²) in [5, 5.41) is 12.1. The molecule has 0 bridgehead atoms. The fourth-order valence-corrected chi connectivity index (χ4v) is 2.22. The quantitative estimate of drug-likeness (QED) is 0.690. The summed E-state index contributed by atoms with van der Waals surface area (Å²) in [6.45, 7) is 9.62. The van der Waals surface area contributed by atoms with Crippen molar-refractivity contribution in [1.82, 2.24) is 10.2 Å². The van der Waals surface area contributed by atoms with E-state index in [9.17, 15) is 0 Å². The first-order valence-corrected chi connectivity index (χ1v) is 4.96. The molecule has 3 heteroatoms. The Morgan fingerprint density at radius 3 is 2.85 bits per heavy atom. The molecular formula is C10H19N3. The molecule has 0 amide bonds. The summed E-state index contributed by atoms with van der Waals surface area (Å²) in [5.74, 6) is 0. The minimum atomic E-state index is 0.189. The molecule has 1 aliphatic heterocycles. The zero-order chi connectivity index (χ0) is 9.90. The lowest BCUT2D eigenvalue weighted by molar-refractivity contribution is 0.0447. The maximum atomic E-state index is 8.70. The molecule has 1 atom stereocenters. The Balaban J connectivity index is 2.69. The van der Waals surface area contributed by atoms with Gasteiger partial charge in [0.05, 0.1) is 12.5 Å². The average molecular weight is 181 g/mol. The minimum absolute atomic E-state index is 0.189. The van der Waals surface area contributed by atoms with Crippen LogP contribution in [0.15, 0.2) is 0 Å². The van der Waals surface area contributed by atoms with E-state index in [2.05, 4.69) is 37.1 Å². The lowest BCUT2D eigenvalue weighted by Crippen LogP contribution is -2.62. The predicted molar refractivity (Wildman–Crippen MR) is 53.3 cm³/mol. The average Bonchev–Trinajstić information content (AvgIpc) is 2.04. The van der Waals surface area contributed by atoms with Gasteiger partial charge >= 0.3 is 0 Å². The third kappa shape index (κ3) is 2.20. The van der Waals surface area contributed by atoms with Gasteiger partial charge in [-0.1, -0.05) is 6.92 Å². The van der Waals surface area contributed by atoms with Gasteiger partial charge in [0, 0.05) is 24.7 Å². The Morgan fingerprint density at radius 2 is 2.31 bits per heavy atom. The Labute approximate surface area is 80.7 Å². The van der Waals surface area contributed by atoms with Crippen molar-refractivity contribution in [1.29, 1.82) is 5.26 Å². The molecule has 3 nitrogen and oxygen atoms in total. The van der Waals surface area contributed by atoms with Crippen molar-refractivity contribution >= 4 is 0 Å². The summed E-state index contributed by atoms with van der Waals surface area (Å²) < 4.78 is 0. The van der Waals surface area contributed by atoms with Crippen LogP contribution in [0.2, 0.25) is 0 Å². The van der Waals surface area contributed by atoms with Crippen molar-refractivity contribution in [2.75, 3.05) is 19.6 Å². The van der Waals surface area contributed by atoms with E-state index in [1.807, 2.05) is 0 Å². The maximum Gasteiger partial charge on any atom is 0.0638 e. The number of likely N-dealkylation sites (N-methyl/N-ethyl adjacent to an activating group) is 1. The highest BCUT2D eigenvalue weighted by Gasteiger charge is 2.34. The lowest BCUT2D eigenvalue weighted by Gasteiger charge is -2.47. The SMILES string of the molecule is CCN1C(CC#N)CNCC1(C)C. The van der Waals surface area contributed by atoms with Crippen molar-refractivity contribution < 1.29 is 0 Å². The van der Waals surface area contributed by atoms with E-state index >= 15 is 0 Å². The minimum Gasteiger partial charge on any atom is -0.313 e. The molecule has 13 heavy (non-hydrogen) atoms. The summed E-state index contributed by atoms with van der Waals surface area (Å²) in [6, 6.07) is 2.65. The first-order chi connectivity index (χ1) is 6.11. The van der Waals surface area contributed by atoms with Crippen LogP contribution >= 0.6 is 0 Å². The smallest absolute Gasteiger partial charge is 0.0638 e. The number of nitriles is 1. The van der Waals surface area contributed by atoms with Gasteiger partial charge in [-0.05, 0) is 20.4 Å². The van der Waals surface area contributed by atoms with Gasteiger partial charge in [-0.3, -0.25) is 4.90 Å². The van der Waals surface area contributed by atoms with Crippen molar-refractivity contribution in [3.05, 3.63) is 0 Å². The van der Waals surface area contributed by atoms with Gasteiger partial charge in [-0.25, -0.2) is 0 Å². The molecular weight excluding hydrogens is 162 g/mol. The van der Waals surface area contributed by atoms with Gasteiger partial charge in [0.1, 0.15) is 0 Å². The summed E-state index contributed by atoms with van der Waals surface area (Å²) in [4.78, 5) is 2.42. The van der Waals surface area contributed by atoms with Crippen LogP contribution in [0, 0.1) is 11.3 Å². The van der Waals surface area contributed by atoms with Crippen LogP contribution in [-0.2, 0) is 0 Å². The highest BCUT2D eigenvalue weighted by atomic mass is 15.3. The van der Waals surface area contributed by atoms with Crippen LogP contribution in [-0.4, -0.2) is 36.1 Å². The Kier molecular flexibility index (Phi) is 3.29. The summed E-state index contributed by atoms with van der Waals surface area (Å²) in [6.07, 6.45) is 0.629. The fraction of sp³-hybridized carbons (Fsp3) is 0.900. The van der Waals surface area contributed by atoms with E-state index in [0.717, 1.165) is 19.6 Å². The van der Waals surface area contributed by atoms with Crippen molar-refractivity contribution in [3.63, 3.8) is 0 Å². The van der Waals surface area contributed by atoms with E-state index in [4.69, 9.17) is 5.26 Å².